The van der Waals surface area contributed by atoms with E-state index in [4.69, 9.17) is 9.47 Å². The Morgan fingerprint density at radius 1 is 0.971 bits per heavy atom. The molecule has 34 heavy (non-hydrogen) atoms. The normalized spacial score (nSPS) is 12.2. The van der Waals surface area contributed by atoms with Crippen molar-refractivity contribution < 1.29 is 19.2 Å². The number of hydrogen-bond donors (Lipinski definition) is 0. The molecule has 1 heterocycles. The van der Waals surface area contributed by atoms with Crippen molar-refractivity contribution >= 4 is 22.2 Å². The number of rotatable bonds is 9. The van der Waals surface area contributed by atoms with Crippen LogP contribution in [0.3, 0.4) is 0 Å². The van der Waals surface area contributed by atoms with Crippen LogP contribution in [0.5, 0.6) is 11.5 Å². The molecule has 0 unspecified atom stereocenters. The highest BCUT2D eigenvalue weighted by molar-refractivity contribution is 6.27. The van der Waals surface area contributed by atoms with E-state index in [0.717, 1.165) is 19.6 Å². The van der Waals surface area contributed by atoms with Gasteiger partial charge in [0.1, 0.15) is 0 Å². The first-order valence-corrected chi connectivity index (χ1v) is 11.2. The first kappa shape index (κ1) is 23.4. The third-order valence-electron chi connectivity index (χ3n) is 6.47. The minimum absolute atomic E-state index is 0.168. The summed E-state index contributed by atoms with van der Waals surface area (Å²) >= 11 is 0. The summed E-state index contributed by atoms with van der Waals surface area (Å²) in [6.07, 6.45) is 0.712. The number of nitro benzene ring substituents is 1. The van der Waals surface area contributed by atoms with Crippen molar-refractivity contribution in [2.45, 2.75) is 26.8 Å². The number of aromatic nitrogens is 1. The van der Waals surface area contributed by atoms with E-state index in [2.05, 4.69) is 18.7 Å². The van der Waals surface area contributed by atoms with Gasteiger partial charge in [0.05, 0.1) is 35.8 Å². The molecule has 0 saturated heterocycles. The van der Waals surface area contributed by atoms with Crippen LogP contribution in [0, 0.1) is 10.1 Å². The van der Waals surface area contributed by atoms with Crippen molar-refractivity contribution in [1.82, 2.24) is 9.47 Å². The average molecular weight is 466 g/mol. The first-order chi connectivity index (χ1) is 16.4. The zero-order valence-electron chi connectivity index (χ0n) is 19.7. The maximum atomic E-state index is 13.7. The smallest absolute Gasteiger partial charge is 0.270 e. The van der Waals surface area contributed by atoms with Crippen LogP contribution >= 0.6 is 0 Å². The summed E-state index contributed by atoms with van der Waals surface area (Å²) in [5.41, 5.74) is 1.20. The van der Waals surface area contributed by atoms with Gasteiger partial charge in [0.25, 0.3) is 11.2 Å². The maximum absolute atomic E-state index is 13.7. The van der Waals surface area contributed by atoms with Crippen LogP contribution in [-0.2, 0) is 6.54 Å². The molecule has 178 valence electrons. The van der Waals surface area contributed by atoms with E-state index in [-0.39, 0.29) is 22.6 Å². The Balaban J connectivity index is 1.98. The molecule has 0 saturated carbocycles. The molecule has 9 nitrogen and oxygen atoms in total. The highest BCUT2D eigenvalue weighted by atomic mass is 16.6. The van der Waals surface area contributed by atoms with E-state index in [1.807, 2.05) is 0 Å². The predicted octanol–water partition coefficient (Wildman–Crippen LogP) is 3.87. The lowest BCUT2D eigenvalue weighted by Gasteiger charge is -2.20. The summed E-state index contributed by atoms with van der Waals surface area (Å²) in [5, 5.41) is 12.1. The third kappa shape index (κ3) is 3.71. The van der Waals surface area contributed by atoms with Gasteiger partial charge in [-0.1, -0.05) is 13.8 Å². The molecule has 4 rings (SSSR count). The number of carbonyl (C=O) groups is 1. The molecule has 0 atom stereocenters. The summed E-state index contributed by atoms with van der Waals surface area (Å²) in [6, 6.07) is 7.44. The van der Waals surface area contributed by atoms with Crippen LogP contribution in [0.4, 0.5) is 5.69 Å². The van der Waals surface area contributed by atoms with Gasteiger partial charge >= 0.3 is 0 Å². The predicted molar refractivity (Wildman–Crippen MR) is 129 cm³/mol. The molecular formula is C25H27N3O6. The number of pyridine rings is 1. The molecule has 0 radical (unpaired) electrons. The van der Waals surface area contributed by atoms with Crippen molar-refractivity contribution in [3.63, 3.8) is 0 Å². The van der Waals surface area contributed by atoms with Gasteiger partial charge < -0.3 is 18.9 Å². The Morgan fingerprint density at radius 2 is 1.62 bits per heavy atom. The Hall–Kier alpha value is -3.72. The third-order valence-corrected chi connectivity index (χ3v) is 6.47. The van der Waals surface area contributed by atoms with E-state index < -0.39 is 4.92 Å². The van der Waals surface area contributed by atoms with Crippen molar-refractivity contribution in [3.8, 4) is 22.8 Å². The largest absolute Gasteiger partial charge is 0.493 e. The monoisotopic (exact) mass is 465 g/mol. The fourth-order valence-corrected chi connectivity index (χ4v) is 4.66. The zero-order chi connectivity index (χ0) is 24.6. The van der Waals surface area contributed by atoms with Crippen LogP contribution in [0.15, 0.2) is 35.1 Å². The minimum atomic E-state index is -0.528. The second-order valence-electron chi connectivity index (χ2n) is 8.13. The second-order valence-corrected chi connectivity index (χ2v) is 8.13. The molecule has 2 aromatic carbocycles. The quantitative estimate of drug-likeness (QED) is 0.273. The molecule has 0 bridgehead atoms. The summed E-state index contributed by atoms with van der Waals surface area (Å²) in [7, 11) is 2.97. The van der Waals surface area contributed by atoms with E-state index in [1.165, 1.54) is 26.4 Å². The van der Waals surface area contributed by atoms with Crippen LogP contribution < -0.4 is 15.0 Å². The van der Waals surface area contributed by atoms with Gasteiger partial charge in [-0.05, 0) is 44.3 Å². The highest BCUT2D eigenvalue weighted by Crippen LogP contribution is 2.43. The molecule has 3 aromatic rings. The second kappa shape index (κ2) is 9.26. The number of nitrogens with zero attached hydrogens (tertiary/aromatic N) is 3. The molecule has 0 fully saturated rings. The van der Waals surface area contributed by atoms with Crippen LogP contribution in [0.1, 0.15) is 36.2 Å². The molecular weight excluding hydrogens is 438 g/mol. The number of hydrogen-bond acceptors (Lipinski definition) is 7. The van der Waals surface area contributed by atoms with Crippen molar-refractivity contribution in [2.75, 3.05) is 33.9 Å². The first-order valence-electron chi connectivity index (χ1n) is 11.2. The molecule has 1 aromatic heterocycles. The van der Waals surface area contributed by atoms with Gasteiger partial charge in [-0.25, -0.2) is 0 Å². The van der Waals surface area contributed by atoms with Gasteiger partial charge in [-0.2, -0.15) is 0 Å². The van der Waals surface area contributed by atoms with Crippen molar-refractivity contribution in [2.24, 2.45) is 0 Å². The van der Waals surface area contributed by atoms with Crippen LogP contribution in [0.25, 0.3) is 22.0 Å². The molecule has 9 heteroatoms. The summed E-state index contributed by atoms with van der Waals surface area (Å²) in [6.45, 7) is 7.20. The number of ether oxygens (including phenoxy) is 2. The van der Waals surface area contributed by atoms with Crippen molar-refractivity contribution in [3.05, 3.63) is 61.9 Å². The lowest BCUT2D eigenvalue weighted by Crippen LogP contribution is -2.28. The maximum Gasteiger partial charge on any atom is 0.270 e. The number of carbonyl (C=O) groups excluding carboxylic acids is 1. The SMILES string of the molecule is CCN(CC)CCCn1c2c(c3cc(OC)c(OC)cc3c1=O)C(=O)c1cc([N+](=O)[O-])ccc1-2. The zero-order valence-corrected chi connectivity index (χ0v) is 19.7. The number of methoxy groups -OCH3 is 2. The standard InChI is InChI=1S/C25H27N3O6/c1-5-26(6-2)10-7-11-27-23-16-9-8-15(28(31)32)12-18(16)24(29)22(23)17-13-20(33-3)21(34-4)14-19(17)25(27)30/h8-9,12-14H,5-7,10-11H2,1-4H3. The summed E-state index contributed by atoms with van der Waals surface area (Å²) in [4.78, 5) is 40.3. The molecule has 0 amide bonds. The summed E-state index contributed by atoms with van der Waals surface area (Å²) < 4.78 is 12.4. The minimum Gasteiger partial charge on any atom is -0.493 e. The Morgan fingerprint density at radius 3 is 2.21 bits per heavy atom. The molecule has 1 aliphatic rings. The van der Waals surface area contributed by atoms with Gasteiger partial charge in [0.15, 0.2) is 17.3 Å². The topological polar surface area (TPSA) is 104 Å². The Kier molecular flexibility index (Phi) is 6.39. The Labute approximate surface area is 196 Å². The van der Waals surface area contributed by atoms with Gasteiger partial charge in [-0.3, -0.25) is 19.7 Å². The lowest BCUT2D eigenvalue weighted by atomic mass is 10.0. The highest BCUT2D eigenvalue weighted by Gasteiger charge is 2.34. The van der Waals surface area contributed by atoms with Crippen LogP contribution in [0.2, 0.25) is 0 Å². The van der Waals surface area contributed by atoms with E-state index >= 15 is 0 Å². The fraction of sp³-hybridized carbons (Fsp3) is 0.360. The van der Waals surface area contributed by atoms with E-state index in [1.54, 1.807) is 22.8 Å². The van der Waals surface area contributed by atoms with E-state index in [9.17, 15) is 19.7 Å². The van der Waals surface area contributed by atoms with Crippen LogP contribution in [-0.4, -0.2) is 54.0 Å². The number of nitro groups is 1. The molecule has 0 spiro atoms. The Bertz CT molecular complexity index is 1360. The fourth-order valence-electron chi connectivity index (χ4n) is 4.66. The molecule has 0 aliphatic heterocycles. The number of non-ortho nitro benzene ring substituents is 1. The number of ketones is 1. The molecule has 0 N–H and O–H groups in total. The van der Waals surface area contributed by atoms with E-state index in [0.29, 0.717) is 52.1 Å². The van der Waals surface area contributed by atoms with Gasteiger partial charge in [0.2, 0.25) is 0 Å². The molecule has 1 aliphatic carbocycles. The van der Waals surface area contributed by atoms with Crippen molar-refractivity contribution in [1.29, 1.82) is 0 Å². The number of fused-ring (bicyclic) bond motifs is 5. The lowest BCUT2D eigenvalue weighted by molar-refractivity contribution is -0.384. The number of benzene rings is 2. The van der Waals surface area contributed by atoms with Gasteiger partial charge in [-0.15, -0.1) is 0 Å². The van der Waals surface area contributed by atoms with Gasteiger partial charge in [0, 0.05) is 35.2 Å². The average Bonchev–Trinajstić information content (AvgIpc) is 3.14. The summed E-state index contributed by atoms with van der Waals surface area (Å²) in [5.74, 6) is 0.439.